The highest BCUT2D eigenvalue weighted by atomic mass is 79.9. The van der Waals surface area contributed by atoms with Gasteiger partial charge in [0.1, 0.15) is 5.75 Å². The van der Waals surface area contributed by atoms with Crippen molar-refractivity contribution in [2.24, 2.45) is 0 Å². The number of nitrogens with zero attached hydrogens (tertiary/aromatic N) is 1. The molecule has 8 heteroatoms. The van der Waals surface area contributed by atoms with Crippen LogP contribution in [0, 0.1) is 0 Å². The highest BCUT2D eigenvalue weighted by Gasteiger charge is 2.27. The van der Waals surface area contributed by atoms with Gasteiger partial charge in [-0.25, -0.2) is 8.42 Å². The van der Waals surface area contributed by atoms with Crippen LogP contribution in [-0.4, -0.2) is 32.3 Å². The molecule has 0 aliphatic heterocycles. The molecule has 3 rings (SSSR count). The molecule has 0 aliphatic rings. The van der Waals surface area contributed by atoms with E-state index in [9.17, 15) is 13.2 Å². The first-order valence-electron chi connectivity index (χ1n) is 9.12. The first kappa shape index (κ1) is 22.0. The Morgan fingerprint density at radius 2 is 1.60 bits per heavy atom. The van der Waals surface area contributed by atoms with Crippen molar-refractivity contribution in [3.63, 3.8) is 0 Å². The number of ether oxygens (including phenoxy) is 1. The van der Waals surface area contributed by atoms with E-state index in [0.29, 0.717) is 15.9 Å². The van der Waals surface area contributed by atoms with Gasteiger partial charge in [0.2, 0.25) is 15.9 Å². The van der Waals surface area contributed by atoms with Crippen molar-refractivity contribution < 1.29 is 17.9 Å². The van der Waals surface area contributed by atoms with E-state index in [4.69, 9.17) is 4.74 Å². The van der Waals surface area contributed by atoms with Gasteiger partial charge in [0.15, 0.2) is 0 Å². The number of anilines is 1. The van der Waals surface area contributed by atoms with Crippen LogP contribution in [0.3, 0.4) is 0 Å². The lowest BCUT2D eigenvalue weighted by atomic mass is 10.2. The molecule has 0 radical (unpaired) electrons. The van der Waals surface area contributed by atoms with Crippen molar-refractivity contribution in [1.82, 2.24) is 4.31 Å². The lowest BCUT2D eigenvalue weighted by Gasteiger charge is -2.22. The lowest BCUT2D eigenvalue weighted by Crippen LogP contribution is -2.37. The topological polar surface area (TPSA) is 75.7 Å². The van der Waals surface area contributed by atoms with Crippen LogP contribution >= 0.6 is 15.9 Å². The molecule has 1 N–H and O–H groups in total. The number of rotatable bonds is 8. The maximum absolute atomic E-state index is 13.3. The molecule has 0 spiro atoms. The summed E-state index contributed by atoms with van der Waals surface area (Å²) in [6, 6.07) is 22.4. The van der Waals surface area contributed by atoms with E-state index in [1.54, 1.807) is 30.3 Å². The number of amides is 1. The van der Waals surface area contributed by atoms with E-state index in [1.807, 2.05) is 36.4 Å². The average molecular weight is 489 g/mol. The van der Waals surface area contributed by atoms with Crippen molar-refractivity contribution in [1.29, 1.82) is 0 Å². The maximum Gasteiger partial charge on any atom is 0.243 e. The molecule has 0 saturated heterocycles. The molecule has 0 atom stereocenters. The SMILES string of the molecule is COc1ccc(S(=O)(=O)N(CC(=O)Nc2ccccc2Br)Cc2ccccc2)cc1. The van der Waals surface area contributed by atoms with Gasteiger partial charge in [-0.15, -0.1) is 0 Å². The molecule has 0 aromatic heterocycles. The summed E-state index contributed by atoms with van der Waals surface area (Å²) < 4.78 is 33.6. The van der Waals surface area contributed by atoms with Crippen LogP contribution in [0.25, 0.3) is 0 Å². The summed E-state index contributed by atoms with van der Waals surface area (Å²) >= 11 is 3.38. The molecule has 0 saturated carbocycles. The summed E-state index contributed by atoms with van der Waals surface area (Å²) in [6.45, 7) is -0.261. The largest absolute Gasteiger partial charge is 0.497 e. The van der Waals surface area contributed by atoms with Crippen LogP contribution in [0.2, 0.25) is 0 Å². The highest BCUT2D eigenvalue weighted by molar-refractivity contribution is 9.10. The van der Waals surface area contributed by atoms with Crippen LogP contribution in [0.1, 0.15) is 5.56 Å². The summed E-state index contributed by atoms with van der Waals surface area (Å²) in [5.74, 6) is 0.116. The zero-order valence-corrected chi connectivity index (χ0v) is 18.7. The average Bonchev–Trinajstić information content (AvgIpc) is 2.75. The zero-order chi connectivity index (χ0) is 21.6. The first-order chi connectivity index (χ1) is 14.4. The van der Waals surface area contributed by atoms with Gasteiger partial charge < -0.3 is 10.1 Å². The molecular weight excluding hydrogens is 468 g/mol. The third kappa shape index (κ3) is 5.47. The van der Waals surface area contributed by atoms with Crippen molar-refractivity contribution in [2.45, 2.75) is 11.4 Å². The Bertz CT molecular complexity index is 1100. The minimum Gasteiger partial charge on any atom is -0.497 e. The normalized spacial score (nSPS) is 11.3. The second-order valence-corrected chi connectivity index (χ2v) is 9.25. The zero-order valence-electron chi connectivity index (χ0n) is 16.3. The second kappa shape index (κ2) is 9.88. The molecular formula is C22H21BrN2O4S. The van der Waals surface area contributed by atoms with Gasteiger partial charge in [-0.05, 0) is 57.9 Å². The molecule has 0 bridgehead atoms. The third-order valence-electron chi connectivity index (χ3n) is 4.37. The Morgan fingerprint density at radius 3 is 2.23 bits per heavy atom. The summed E-state index contributed by atoms with van der Waals surface area (Å²) in [5.41, 5.74) is 1.35. The summed E-state index contributed by atoms with van der Waals surface area (Å²) in [7, 11) is -2.41. The molecule has 156 valence electrons. The van der Waals surface area contributed by atoms with Crippen LogP contribution < -0.4 is 10.1 Å². The maximum atomic E-state index is 13.3. The number of benzene rings is 3. The van der Waals surface area contributed by atoms with Gasteiger partial charge in [-0.1, -0.05) is 42.5 Å². The van der Waals surface area contributed by atoms with Gasteiger partial charge in [0.25, 0.3) is 0 Å². The van der Waals surface area contributed by atoms with Crippen LogP contribution in [0.5, 0.6) is 5.75 Å². The minimum atomic E-state index is -3.92. The Kier molecular flexibility index (Phi) is 7.25. The molecule has 3 aromatic rings. The van der Waals surface area contributed by atoms with Gasteiger partial charge in [-0.2, -0.15) is 4.31 Å². The van der Waals surface area contributed by atoms with Crippen molar-refractivity contribution in [3.8, 4) is 5.75 Å². The van der Waals surface area contributed by atoms with Gasteiger partial charge >= 0.3 is 0 Å². The summed E-state index contributed by atoms with van der Waals surface area (Å²) in [5, 5.41) is 2.76. The van der Waals surface area contributed by atoms with E-state index in [1.165, 1.54) is 19.2 Å². The van der Waals surface area contributed by atoms with Crippen LogP contribution in [-0.2, 0) is 21.4 Å². The number of methoxy groups -OCH3 is 1. The Labute approximate surface area is 184 Å². The molecule has 6 nitrogen and oxygen atoms in total. The number of nitrogens with one attached hydrogen (secondary N) is 1. The number of hydrogen-bond donors (Lipinski definition) is 1. The van der Waals surface area contributed by atoms with E-state index in [-0.39, 0.29) is 18.0 Å². The van der Waals surface area contributed by atoms with Gasteiger partial charge in [0.05, 0.1) is 24.2 Å². The first-order valence-corrected chi connectivity index (χ1v) is 11.4. The number of sulfonamides is 1. The van der Waals surface area contributed by atoms with Crippen molar-refractivity contribution in [2.75, 3.05) is 19.0 Å². The van der Waals surface area contributed by atoms with Gasteiger partial charge in [0, 0.05) is 11.0 Å². The monoisotopic (exact) mass is 488 g/mol. The molecule has 1 amide bonds. The molecule has 0 heterocycles. The molecule has 30 heavy (non-hydrogen) atoms. The predicted octanol–water partition coefficient (Wildman–Crippen LogP) is 4.29. The smallest absolute Gasteiger partial charge is 0.243 e. The quantitative estimate of drug-likeness (QED) is 0.513. The lowest BCUT2D eigenvalue weighted by molar-refractivity contribution is -0.116. The molecule has 0 aliphatic carbocycles. The number of carbonyl (C=O) groups is 1. The van der Waals surface area contributed by atoms with Crippen molar-refractivity contribution in [3.05, 3.63) is 88.9 Å². The van der Waals surface area contributed by atoms with Crippen molar-refractivity contribution >= 4 is 37.5 Å². The van der Waals surface area contributed by atoms with Crippen LogP contribution in [0.4, 0.5) is 5.69 Å². The Hall–Kier alpha value is -2.68. The molecule has 3 aromatic carbocycles. The van der Waals surface area contributed by atoms with E-state index >= 15 is 0 Å². The van der Waals surface area contributed by atoms with E-state index in [2.05, 4.69) is 21.2 Å². The fourth-order valence-electron chi connectivity index (χ4n) is 2.82. The van der Waals surface area contributed by atoms with Gasteiger partial charge in [-0.3, -0.25) is 4.79 Å². The molecule has 0 unspecified atom stereocenters. The number of carbonyl (C=O) groups excluding carboxylic acids is 1. The highest BCUT2D eigenvalue weighted by Crippen LogP contribution is 2.23. The standard InChI is InChI=1S/C22H21BrN2O4S/c1-29-18-11-13-19(14-12-18)30(27,28)25(15-17-7-3-2-4-8-17)16-22(26)24-21-10-6-5-9-20(21)23/h2-14H,15-16H2,1H3,(H,24,26). The third-order valence-corrected chi connectivity index (χ3v) is 6.86. The Morgan fingerprint density at radius 1 is 0.967 bits per heavy atom. The number of para-hydroxylation sites is 1. The number of halogens is 1. The van der Waals surface area contributed by atoms with E-state index < -0.39 is 15.9 Å². The predicted molar refractivity (Wildman–Crippen MR) is 120 cm³/mol. The van der Waals surface area contributed by atoms with E-state index in [0.717, 1.165) is 9.87 Å². The van der Waals surface area contributed by atoms with Crippen LogP contribution in [0.15, 0.2) is 88.2 Å². The second-order valence-electron chi connectivity index (χ2n) is 6.46. The summed E-state index contributed by atoms with van der Waals surface area (Å²) in [4.78, 5) is 12.8. The summed E-state index contributed by atoms with van der Waals surface area (Å²) in [6.07, 6.45) is 0. The Balaban J connectivity index is 1.87. The minimum absolute atomic E-state index is 0.0680. The molecule has 0 fully saturated rings. The number of hydrogen-bond acceptors (Lipinski definition) is 4. The fraction of sp³-hybridized carbons (Fsp3) is 0.136. The fourth-order valence-corrected chi connectivity index (χ4v) is 4.59.